The van der Waals surface area contributed by atoms with Crippen molar-refractivity contribution in [2.75, 3.05) is 6.61 Å². The first-order valence-corrected chi connectivity index (χ1v) is 7.19. The third-order valence-electron chi connectivity index (χ3n) is 3.43. The van der Waals surface area contributed by atoms with E-state index in [-0.39, 0.29) is 18.5 Å². The third-order valence-corrected chi connectivity index (χ3v) is 3.77. The number of halogens is 1. The number of Topliss-reactive ketones (excluding diaryl/α,β-unsaturated/α-hetero) is 1. The zero-order valence-corrected chi connectivity index (χ0v) is 12.4. The number of para-hydroxylation sites is 1. The highest BCUT2D eigenvalue weighted by atomic mass is 35.5. The Morgan fingerprint density at radius 1 is 1.23 bits per heavy atom. The van der Waals surface area contributed by atoms with Gasteiger partial charge in [-0.05, 0) is 18.2 Å². The van der Waals surface area contributed by atoms with Crippen molar-refractivity contribution in [1.29, 1.82) is 0 Å². The molecule has 3 nitrogen and oxygen atoms in total. The van der Waals surface area contributed by atoms with Crippen molar-refractivity contribution < 1.29 is 14.3 Å². The lowest BCUT2D eigenvalue weighted by Crippen LogP contribution is -2.11. The van der Waals surface area contributed by atoms with Gasteiger partial charge in [0.1, 0.15) is 18.5 Å². The molecule has 2 aromatic carbocycles. The Morgan fingerprint density at radius 2 is 1.95 bits per heavy atom. The average molecular weight is 313 g/mol. The predicted octanol–water partition coefficient (Wildman–Crippen LogP) is 3.67. The molecule has 0 spiro atoms. The molecule has 0 aliphatic carbocycles. The summed E-state index contributed by atoms with van der Waals surface area (Å²) in [7, 11) is 0. The lowest BCUT2D eigenvalue weighted by atomic mass is 10.0. The van der Waals surface area contributed by atoms with Gasteiger partial charge in [0.15, 0.2) is 11.9 Å². The molecular formula is C18H13ClO3. The second-order valence-electron chi connectivity index (χ2n) is 4.85. The smallest absolute Gasteiger partial charge is 0.198 e. The fraction of sp³-hybridized carbons (Fsp3) is 0.167. The van der Waals surface area contributed by atoms with Crippen LogP contribution >= 0.6 is 11.6 Å². The molecule has 2 atom stereocenters. The second kappa shape index (κ2) is 6.23. The Morgan fingerprint density at radius 3 is 2.73 bits per heavy atom. The lowest BCUT2D eigenvalue weighted by molar-refractivity contribution is 0.0950. The van der Waals surface area contributed by atoms with Gasteiger partial charge in [0, 0.05) is 10.6 Å². The number of epoxide rings is 1. The van der Waals surface area contributed by atoms with Crippen LogP contribution in [0.25, 0.3) is 0 Å². The van der Waals surface area contributed by atoms with Crippen LogP contribution < -0.4 is 4.74 Å². The fourth-order valence-corrected chi connectivity index (χ4v) is 2.57. The van der Waals surface area contributed by atoms with Gasteiger partial charge in [-0.1, -0.05) is 47.9 Å². The van der Waals surface area contributed by atoms with Gasteiger partial charge < -0.3 is 9.47 Å². The molecule has 0 radical (unpaired) electrons. The molecule has 110 valence electrons. The highest BCUT2D eigenvalue weighted by Gasteiger charge is 2.47. The van der Waals surface area contributed by atoms with E-state index in [1.165, 1.54) is 0 Å². The summed E-state index contributed by atoms with van der Waals surface area (Å²) < 4.78 is 10.9. The van der Waals surface area contributed by atoms with E-state index >= 15 is 0 Å². The van der Waals surface area contributed by atoms with Crippen LogP contribution in [-0.2, 0) is 4.74 Å². The summed E-state index contributed by atoms with van der Waals surface area (Å²) in [6, 6.07) is 14.4. The minimum Gasteiger partial charge on any atom is -0.480 e. The van der Waals surface area contributed by atoms with Gasteiger partial charge in [-0.3, -0.25) is 4.79 Å². The molecular weight excluding hydrogens is 300 g/mol. The summed E-state index contributed by atoms with van der Waals surface area (Å²) in [6.45, 7) is 0.115. The molecule has 4 heteroatoms. The Labute approximate surface area is 133 Å². The summed E-state index contributed by atoms with van der Waals surface area (Å²) in [6.07, 6.45) is 4.35. The van der Waals surface area contributed by atoms with Crippen LogP contribution in [0.15, 0.2) is 48.5 Å². The molecule has 0 saturated carbocycles. The number of benzene rings is 2. The molecule has 2 aromatic rings. The molecule has 1 saturated heterocycles. The fourth-order valence-electron chi connectivity index (χ4n) is 2.32. The van der Waals surface area contributed by atoms with Gasteiger partial charge in [-0.15, -0.1) is 6.42 Å². The van der Waals surface area contributed by atoms with Crippen molar-refractivity contribution >= 4 is 17.4 Å². The maximum atomic E-state index is 12.6. The van der Waals surface area contributed by atoms with E-state index < -0.39 is 6.10 Å². The van der Waals surface area contributed by atoms with Crippen LogP contribution in [0, 0.1) is 12.3 Å². The molecule has 1 heterocycles. The van der Waals surface area contributed by atoms with Crippen molar-refractivity contribution in [3.05, 3.63) is 64.7 Å². The normalized spacial score (nSPS) is 19.3. The van der Waals surface area contributed by atoms with Crippen LogP contribution in [0.5, 0.6) is 5.75 Å². The number of ketones is 1. The van der Waals surface area contributed by atoms with Crippen LogP contribution in [0.3, 0.4) is 0 Å². The first-order chi connectivity index (χ1) is 10.7. The summed E-state index contributed by atoms with van der Waals surface area (Å²) in [4.78, 5) is 12.6. The number of carbonyl (C=O) groups is 1. The zero-order chi connectivity index (χ0) is 15.5. The molecule has 3 rings (SSSR count). The SMILES string of the molecule is C#CCOc1ccccc1C(=O)[C@H]1O[C@@H]1c1ccccc1Cl. The van der Waals surface area contributed by atoms with Gasteiger partial charge >= 0.3 is 0 Å². The zero-order valence-electron chi connectivity index (χ0n) is 11.7. The molecule has 0 N–H and O–H groups in total. The Hall–Kier alpha value is -2.28. The van der Waals surface area contributed by atoms with Crippen molar-refractivity contribution in [3.8, 4) is 18.1 Å². The minimum atomic E-state index is -0.532. The molecule has 1 fully saturated rings. The monoisotopic (exact) mass is 312 g/mol. The van der Waals surface area contributed by atoms with Gasteiger partial charge in [-0.2, -0.15) is 0 Å². The van der Waals surface area contributed by atoms with Gasteiger partial charge in [0.05, 0.1) is 5.56 Å². The number of hydrogen-bond donors (Lipinski definition) is 0. The number of hydrogen-bond acceptors (Lipinski definition) is 3. The Kier molecular flexibility index (Phi) is 4.15. The highest BCUT2D eigenvalue weighted by Crippen LogP contribution is 2.44. The van der Waals surface area contributed by atoms with Crippen LogP contribution in [0.2, 0.25) is 5.02 Å². The third kappa shape index (κ3) is 2.85. The van der Waals surface area contributed by atoms with Crippen molar-refractivity contribution in [2.24, 2.45) is 0 Å². The van der Waals surface area contributed by atoms with Crippen molar-refractivity contribution in [3.63, 3.8) is 0 Å². The molecule has 0 aromatic heterocycles. The summed E-state index contributed by atoms with van der Waals surface area (Å²) >= 11 is 6.14. The van der Waals surface area contributed by atoms with Crippen LogP contribution in [0.4, 0.5) is 0 Å². The largest absolute Gasteiger partial charge is 0.480 e. The molecule has 1 aliphatic rings. The molecule has 1 aliphatic heterocycles. The quantitative estimate of drug-likeness (QED) is 0.480. The van der Waals surface area contributed by atoms with Gasteiger partial charge in [0.2, 0.25) is 0 Å². The molecule has 22 heavy (non-hydrogen) atoms. The van der Waals surface area contributed by atoms with E-state index in [0.717, 1.165) is 5.56 Å². The van der Waals surface area contributed by atoms with E-state index in [4.69, 9.17) is 27.5 Å². The topological polar surface area (TPSA) is 38.8 Å². The number of rotatable bonds is 5. The van der Waals surface area contributed by atoms with Crippen LogP contribution in [-0.4, -0.2) is 18.5 Å². The minimum absolute atomic E-state index is 0.115. The first-order valence-electron chi connectivity index (χ1n) is 6.81. The maximum Gasteiger partial charge on any atom is 0.198 e. The predicted molar refractivity (Wildman–Crippen MR) is 84.2 cm³/mol. The van der Waals surface area contributed by atoms with Gasteiger partial charge in [-0.25, -0.2) is 0 Å². The lowest BCUT2D eigenvalue weighted by Gasteiger charge is -2.07. The summed E-state index contributed by atoms with van der Waals surface area (Å²) in [5.74, 6) is 2.73. The Bertz CT molecular complexity index is 748. The first kappa shape index (κ1) is 14.6. The van der Waals surface area contributed by atoms with Crippen molar-refractivity contribution in [2.45, 2.75) is 12.2 Å². The van der Waals surface area contributed by atoms with E-state index in [0.29, 0.717) is 16.3 Å². The summed E-state index contributed by atoms with van der Waals surface area (Å²) in [5.41, 5.74) is 1.29. The molecule has 0 unspecified atom stereocenters. The van der Waals surface area contributed by atoms with E-state index in [1.807, 2.05) is 18.2 Å². The van der Waals surface area contributed by atoms with Gasteiger partial charge in [0.25, 0.3) is 0 Å². The summed E-state index contributed by atoms with van der Waals surface area (Å²) in [5, 5.41) is 0.597. The average Bonchev–Trinajstić information content (AvgIpc) is 3.33. The number of ether oxygens (including phenoxy) is 2. The van der Waals surface area contributed by atoms with E-state index in [9.17, 15) is 4.79 Å². The highest BCUT2D eigenvalue weighted by molar-refractivity contribution is 6.31. The van der Waals surface area contributed by atoms with E-state index in [1.54, 1.807) is 30.3 Å². The maximum absolute atomic E-state index is 12.6. The second-order valence-corrected chi connectivity index (χ2v) is 5.26. The standard InChI is InChI=1S/C18H13ClO3/c1-2-11-21-15-10-6-4-8-13(15)16(20)18-17(22-18)12-7-3-5-9-14(12)19/h1,3-10,17-18H,11H2/t17-,18-/m1/s1. The number of carbonyl (C=O) groups excluding carboxylic acids is 1. The number of terminal acetylenes is 1. The van der Waals surface area contributed by atoms with E-state index in [2.05, 4.69) is 5.92 Å². The Balaban J connectivity index is 1.80. The molecule has 0 bridgehead atoms. The van der Waals surface area contributed by atoms with Crippen molar-refractivity contribution in [1.82, 2.24) is 0 Å². The van der Waals surface area contributed by atoms with Crippen LogP contribution in [0.1, 0.15) is 22.0 Å². The molecule has 0 amide bonds.